The number of para-hydroxylation sites is 1. The molecular weight excluding hydrogens is 608 g/mol. The van der Waals surface area contributed by atoms with E-state index in [4.69, 9.17) is 18.6 Å². The number of hydrogen-bond acceptors (Lipinski definition) is 7. The maximum absolute atomic E-state index is 13.2. The van der Waals surface area contributed by atoms with Crippen molar-refractivity contribution < 1.29 is 33.0 Å². The third-order valence-corrected chi connectivity index (χ3v) is 7.28. The number of fused-ring (bicyclic) bond motifs is 1. The highest BCUT2D eigenvalue weighted by Gasteiger charge is 2.19. The third kappa shape index (κ3) is 9.25. The topological polar surface area (TPSA) is 116 Å². The van der Waals surface area contributed by atoms with Crippen molar-refractivity contribution in [2.45, 2.75) is 59.4 Å². The zero-order valence-corrected chi connectivity index (χ0v) is 27.6. The van der Waals surface area contributed by atoms with E-state index in [1.54, 1.807) is 13.0 Å². The molecule has 48 heavy (non-hydrogen) atoms. The molecule has 5 rings (SSSR count). The molecule has 0 bridgehead atoms. The van der Waals surface area contributed by atoms with E-state index in [1.165, 1.54) is 0 Å². The molecule has 0 aliphatic carbocycles. The SMILES string of the molecule is CCOC(=O)Cc1ccccc1OCc1cc(-c2cccc(CNC(=O)OC(C)(C)C)c2)c2oc(C(=O)NCc3ccccc3)cc2c1. The van der Waals surface area contributed by atoms with Gasteiger partial charge in [-0.15, -0.1) is 0 Å². The lowest BCUT2D eigenvalue weighted by Crippen LogP contribution is -2.32. The minimum absolute atomic E-state index is 0.0988. The summed E-state index contributed by atoms with van der Waals surface area (Å²) in [5, 5.41) is 6.47. The summed E-state index contributed by atoms with van der Waals surface area (Å²) in [7, 11) is 0. The Balaban J connectivity index is 1.44. The van der Waals surface area contributed by atoms with Crippen molar-refractivity contribution in [3.63, 3.8) is 0 Å². The number of carbonyl (C=O) groups is 3. The molecule has 0 atom stereocenters. The fourth-order valence-electron chi connectivity index (χ4n) is 5.15. The summed E-state index contributed by atoms with van der Waals surface area (Å²) >= 11 is 0. The Morgan fingerprint density at radius 1 is 0.771 bits per heavy atom. The molecule has 2 amide bonds. The van der Waals surface area contributed by atoms with Crippen LogP contribution in [0.2, 0.25) is 0 Å². The number of benzene rings is 4. The number of esters is 1. The first-order valence-corrected chi connectivity index (χ1v) is 15.9. The molecule has 5 aromatic rings. The second kappa shape index (κ2) is 15.3. The van der Waals surface area contributed by atoms with Crippen molar-refractivity contribution in [1.29, 1.82) is 0 Å². The standard InChI is InChI=1S/C39H40N2O7/c1-5-45-35(42)22-30-15-9-10-17-33(30)46-25-28-19-31-21-34(37(43)40-23-26-12-7-6-8-13-26)47-36(31)32(20-28)29-16-11-14-27(18-29)24-41-38(44)48-39(2,3)4/h6-21H,5,22-25H2,1-4H3,(H,40,43)(H,41,44). The number of carbonyl (C=O) groups excluding carboxylic acids is 3. The van der Waals surface area contributed by atoms with Gasteiger partial charge >= 0.3 is 12.1 Å². The maximum Gasteiger partial charge on any atom is 0.407 e. The van der Waals surface area contributed by atoms with Crippen LogP contribution >= 0.6 is 0 Å². The number of alkyl carbamates (subject to hydrolysis) is 1. The van der Waals surface area contributed by atoms with Gasteiger partial charge in [0.15, 0.2) is 5.76 Å². The number of hydrogen-bond donors (Lipinski definition) is 2. The summed E-state index contributed by atoms with van der Waals surface area (Å²) in [5.41, 5.74) is 4.91. The number of rotatable bonds is 12. The van der Waals surface area contributed by atoms with E-state index in [1.807, 2.05) is 112 Å². The highest BCUT2D eigenvalue weighted by atomic mass is 16.6. The van der Waals surface area contributed by atoms with Crippen LogP contribution in [0.5, 0.6) is 5.75 Å². The molecule has 9 nitrogen and oxygen atoms in total. The van der Waals surface area contributed by atoms with E-state index in [0.717, 1.165) is 38.8 Å². The van der Waals surface area contributed by atoms with Crippen LogP contribution in [0.1, 0.15) is 60.5 Å². The molecule has 0 fully saturated rings. The molecule has 1 aromatic heterocycles. The van der Waals surface area contributed by atoms with E-state index in [9.17, 15) is 14.4 Å². The van der Waals surface area contributed by atoms with Gasteiger partial charge in [0.25, 0.3) is 5.91 Å². The lowest BCUT2D eigenvalue weighted by molar-refractivity contribution is -0.142. The van der Waals surface area contributed by atoms with Gasteiger partial charge in [0.1, 0.15) is 23.5 Å². The third-order valence-electron chi connectivity index (χ3n) is 7.28. The van der Waals surface area contributed by atoms with Gasteiger partial charge in [-0.1, -0.05) is 66.7 Å². The van der Waals surface area contributed by atoms with Crippen molar-refractivity contribution in [2.24, 2.45) is 0 Å². The molecule has 0 aliphatic heterocycles. The van der Waals surface area contributed by atoms with E-state index in [0.29, 0.717) is 24.5 Å². The molecule has 9 heteroatoms. The van der Waals surface area contributed by atoms with Gasteiger partial charge in [-0.25, -0.2) is 4.79 Å². The van der Waals surface area contributed by atoms with Crippen LogP contribution in [-0.4, -0.2) is 30.2 Å². The van der Waals surface area contributed by atoms with E-state index in [2.05, 4.69) is 10.6 Å². The summed E-state index contributed by atoms with van der Waals surface area (Å²) in [6, 6.07) is 30.4. The first-order chi connectivity index (χ1) is 23.1. The normalized spacial score (nSPS) is 11.2. The van der Waals surface area contributed by atoms with Crippen LogP contribution in [0.3, 0.4) is 0 Å². The van der Waals surface area contributed by atoms with Crippen LogP contribution in [0.4, 0.5) is 4.79 Å². The highest BCUT2D eigenvalue weighted by Crippen LogP contribution is 2.34. The van der Waals surface area contributed by atoms with Crippen LogP contribution in [0, 0.1) is 0 Å². The fourth-order valence-corrected chi connectivity index (χ4v) is 5.15. The molecule has 0 radical (unpaired) electrons. The Kier molecular flexibility index (Phi) is 10.8. The summed E-state index contributed by atoms with van der Waals surface area (Å²) in [4.78, 5) is 37.7. The largest absolute Gasteiger partial charge is 0.489 e. The van der Waals surface area contributed by atoms with Crippen LogP contribution in [0.15, 0.2) is 101 Å². The Hall–Kier alpha value is -5.57. The second-order valence-electron chi connectivity index (χ2n) is 12.3. The Morgan fingerprint density at radius 2 is 1.50 bits per heavy atom. The van der Waals surface area contributed by atoms with Gasteiger partial charge in [-0.05, 0) is 80.3 Å². The molecule has 0 spiro atoms. The first kappa shape index (κ1) is 33.8. The van der Waals surface area contributed by atoms with Gasteiger partial charge in [0, 0.05) is 29.6 Å². The molecule has 4 aromatic carbocycles. The minimum Gasteiger partial charge on any atom is -0.489 e. The van der Waals surface area contributed by atoms with Gasteiger partial charge in [-0.2, -0.15) is 0 Å². The Bertz CT molecular complexity index is 1890. The van der Waals surface area contributed by atoms with E-state index >= 15 is 0 Å². The molecule has 0 aliphatic rings. The molecule has 248 valence electrons. The Labute approximate surface area is 280 Å². The fraction of sp³-hybridized carbons (Fsp3) is 0.256. The van der Waals surface area contributed by atoms with Gasteiger partial charge in [-0.3, -0.25) is 9.59 Å². The number of furan rings is 1. The number of ether oxygens (including phenoxy) is 3. The highest BCUT2D eigenvalue weighted by molar-refractivity contribution is 6.00. The molecule has 1 heterocycles. The molecule has 2 N–H and O–H groups in total. The lowest BCUT2D eigenvalue weighted by atomic mass is 9.99. The van der Waals surface area contributed by atoms with Crippen LogP contribution in [0.25, 0.3) is 22.1 Å². The summed E-state index contributed by atoms with van der Waals surface area (Å²) < 4.78 is 23.0. The quantitative estimate of drug-likeness (QED) is 0.133. The average Bonchev–Trinajstić information content (AvgIpc) is 3.50. The van der Waals surface area contributed by atoms with Gasteiger partial charge < -0.3 is 29.3 Å². The first-order valence-electron chi connectivity index (χ1n) is 15.9. The van der Waals surface area contributed by atoms with Crippen molar-refractivity contribution in [1.82, 2.24) is 10.6 Å². The number of nitrogens with one attached hydrogen (secondary N) is 2. The van der Waals surface area contributed by atoms with Gasteiger partial charge in [0.2, 0.25) is 0 Å². The average molecular weight is 649 g/mol. The van der Waals surface area contributed by atoms with Crippen LogP contribution < -0.4 is 15.4 Å². The number of amides is 2. The van der Waals surface area contributed by atoms with Crippen LogP contribution in [-0.2, 0) is 40.4 Å². The van der Waals surface area contributed by atoms with Crippen molar-refractivity contribution in [2.75, 3.05) is 6.61 Å². The zero-order valence-electron chi connectivity index (χ0n) is 27.6. The summed E-state index contributed by atoms with van der Waals surface area (Å²) in [6.45, 7) is 8.34. The summed E-state index contributed by atoms with van der Waals surface area (Å²) in [6.07, 6.45) is -0.406. The lowest BCUT2D eigenvalue weighted by Gasteiger charge is -2.19. The monoisotopic (exact) mass is 648 g/mol. The Morgan fingerprint density at radius 3 is 2.27 bits per heavy atom. The van der Waals surface area contributed by atoms with Crippen molar-refractivity contribution >= 4 is 28.9 Å². The maximum atomic E-state index is 13.2. The van der Waals surface area contributed by atoms with Gasteiger partial charge in [0.05, 0.1) is 13.0 Å². The predicted octanol–water partition coefficient (Wildman–Crippen LogP) is 7.74. The van der Waals surface area contributed by atoms with E-state index in [-0.39, 0.29) is 37.2 Å². The minimum atomic E-state index is -0.607. The molecule has 0 unspecified atom stereocenters. The molecular formula is C39H40N2O7. The smallest absolute Gasteiger partial charge is 0.407 e. The molecule has 0 saturated carbocycles. The van der Waals surface area contributed by atoms with Crippen molar-refractivity contribution in [3.05, 3.63) is 125 Å². The van der Waals surface area contributed by atoms with Crippen molar-refractivity contribution in [3.8, 4) is 16.9 Å². The summed E-state index contributed by atoms with van der Waals surface area (Å²) in [5.74, 6) is 0.107. The van der Waals surface area contributed by atoms with E-state index < -0.39 is 11.7 Å². The second-order valence-corrected chi connectivity index (χ2v) is 12.3. The predicted molar refractivity (Wildman–Crippen MR) is 183 cm³/mol. The zero-order chi connectivity index (χ0) is 34.1. The molecule has 0 saturated heterocycles.